The van der Waals surface area contributed by atoms with E-state index in [2.05, 4.69) is 24.3 Å². The lowest BCUT2D eigenvalue weighted by atomic mass is 10.0. The second kappa shape index (κ2) is 8.05. The molecule has 0 bridgehead atoms. The van der Waals surface area contributed by atoms with Gasteiger partial charge in [0.2, 0.25) is 0 Å². The molecule has 134 valence electrons. The number of benzene rings is 3. The van der Waals surface area contributed by atoms with E-state index in [1.165, 1.54) is 0 Å². The van der Waals surface area contributed by atoms with Crippen molar-refractivity contribution in [3.63, 3.8) is 0 Å². The smallest absolute Gasteiger partial charge is 0.263 e. The van der Waals surface area contributed by atoms with Crippen molar-refractivity contribution in [1.82, 2.24) is 4.90 Å². The first-order chi connectivity index (χ1) is 12.6. The lowest BCUT2D eigenvalue weighted by molar-refractivity contribution is -0.137. The van der Waals surface area contributed by atoms with E-state index >= 15 is 0 Å². The Hall–Kier alpha value is -2.81. The highest BCUT2D eigenvalue weighted by atomic mass is 16.5. The number of hydrogen-bond acceptors (Lipinski definition) is 2. The van der Waals surface area contributed by atoms with Crippen molar-refractivity contribution in [3.05, 3.63) is 66.7 Å². The third-order valence-corrected chi connectivity index (χ3v) is 4.66. The molecule has 0 saturated heterocycles. The maximum Gasteiger partial charge on any atom is 0.263 e. The maximum absolute atomic E-state index is 12.6. The summed E-state index contributed by atoms with van der Waals surface area (Å²) in [7, 11) is 0. The Morgan fingerprint density at radius 2 is 1.58 bits per heavy atom. The molecule has 0 fully saturated rings. The molecule has 1 atom stereocenters. The molecule has 0 aliphatic carbocycles. The molecule has 26 heavy (non-hydrogen) atoms. The lowest BCUT2D eigenvalue weighted by Gasteiger charge is -2.24. The Balaban J connectivity index is 2.00. The minimum atomic E-state index is -0.524. The summed E-state index contributed by atoms with van der Waals surface area (Å²) in [5.74, 6) is 0.763. The fraction of sp³-hybridized carbons (Fsp3) is 0.261. The first kappa shape index (κ1) is 18.0. The molecule has 0 aromatic heterocycles. The highest BCUT2D eigenvalue weighted by molar-refractivity contribution is 5.93. The number of carbonyl (C=O) groups is 1. The summed E-state index contributed by atoms with van der Waals surface area (Å²) in [6, 6.07) is 22.5. The van der Waals surface area contributed by atoms with E-state index in [4.69, 9.17) is 4.74 Å². The topological polar surface area (TPSA) is 29.5 Å². The molecule has 1 unspecified atom stereocenters. The molecule has 1 amide bonds. The first-order valence-electron chi connectivity index (χ1n) is 9.17. The van der Waals surface area contributed by atoms with E-state index in [9.17, 15) is 4.79 Å². The van der Waals surface area contributed by atoms with Gasteiger partial charge in [0.1, 0.15) is 5.75 Å². The molecule has 0 saturated carbocycles. The summed E-state index contributed by atoms with van der Waals surface area (Å²) in [5, 5.41) is 2.12. The number of hydrogen-bond donors (Lipinski definition) is 0. The molecule has 0 heterocycles. The normalized spacial score (nSPS) is 12.0. The van der Waals surface area contributed by atoms with Gasteiger partial charge in [0.05, 0.1) is 0 Å². The van der Waals surface area contributed by atoms with Crippen LogP contribution >= 0.6 is 0 Å². The number of amides is 1. The number of nitrogens with zero attached hydrogens (tertiary/aromatic N) is 1. The highest BCUT2D eigenvalue weighted by Crippen LogP contribution is 2.33. The number of rotatable bonds is 6. The molecule has 0 aliphatic heterocycles. The van der Waals surface area contributed by atoms with Crippen molar-refractivity contribution in [2.75, 3.05) is 13.1 Å². The SMILES string of the molecule is CCN(CC)C(=O)C(C)Oc1cc(-c2ccccc2)cc2ccccc12. The van der Waals surface area contributed by atoms with Gasteiger partial charge in [0, 0.05) is 18.5 Å². The van der Waals surface area contributed by atoms with Crippen LogP contribution < -0.4 is 4.74 Å². The average molecular weight is 347 g/mol. The summed E-state index contributed by atoms with van der Waals surface area (Å²) in [4.78, 5) is 14.4. The molecular formula is C23H25NO2. The van der Waals surface area contributed by atoms with Gasteiger partial charge in [-0.1, -0.05) is 54.6 Å². The fourth-order valence-corrected chi connectivity index (χ4v) is 3.20. The van der Waals surface area contributed by atoms with Crippen LogP contribution in [0.15, 0.2) is 66.7 Å². The quantitative estimate of drug-likeness (QED) is 0.618. The fourth-order valence-electron chi connectivity index (χ4n) is 3.20. The van der Waals surface area contributed by atoms with Gasteiger partial charge >= 0.3 is 0 Å². The second-order valence-electron chi connectivity index (χ2n) is 6.33. The van der Waals surface area contributed by atoms with Gasteiger partial charge in [0.25, 0.3) is 5.91 Å². The molecule has 3 aromatic carbocycles. The van der Waals surface area contributed by atoms with Crippen molar-refractivity contribution < 1.29 is 9.53 Å². The minimum Gasteiger partial charge on any atom is -0.480 e. The standard InChI is InChI=1S/C23H25NO2/c1-4-24(5-2)23(25)17(3)26-22-16-20(18-11-7-6-8-12-18)15-19-13-9-10-14-21(19)22/h6-17H,4-5H2,1-3H3. The maximum atomic E-state index is 12.6. The van der Waals surface area contributed by atoms with Crippen molar-refractivity contribution in [1.29, 1.82) is 0 Å². The molecule has 0 aliphatic rings. The zero-order valence-electron chi connectivity index (χ0n) is 15.6. The van der Waals surface area contributed by atoms with Crippen LogP contribution in [-0.2, 0) is 4.79 Å². The number of likely N-dealkylation sites (N-methyl/N-ethyl adjacent to an activating group) is 1. The first-order valence-corrected chi connectivity index (χ1v) is 9.17. The summed E-state index contributed by atoms with van der Waals surface area (Å²) in [6.07, 6.45) is -0.524. The Kier molecular flexibility index (Phi) is 5.57. The predicted octanol–water partition coefficient (Wildman–Crippen LogP) is 5.14. The van der Waals surface area contributed by atoms with E-state index in [-0.39, 0.29) is 5.91 Å². The van der Waals surface area contributed by atoms with Crippen LogP contribution in [0.25, 0.3) is 21.9 Å². The minimum absolute atomic E-state index is 0.0178. The molecular weight excluding hydrogens is 322 g/mol. The molecule has 3 heteroatoms. The zero-order chi connectivity index (χ0) is 18.5. The monoisotopic (exact) mass is 347 g/mol. The average Bonchev–Trinajstić information content (AvgIpc) is 2.69. The Morgan fingerprint density at radius 1 is 0.923 bits per heavy atom. The van der Waals surface area contributed by atoms with Crippen LogP contribution in [0.1, 0.15) is 20.8 Å². The van der Waals surface area contributed by atoms with Crippen molar-refractivity contribution >= 4 is 16.7 Å². The van der Waals surface area contributed by atoms with Crippen LogP contribution in [0.5, 0.6) is 5.75 Å². The van der Waals surface area contributed by atoms with Crippen LogP contribution in [-0.4, -0.2) is 30.0 Å². The third-order valence-electron chi connectivity index (χ3n) is 4.66. The van der Waals surface area contributed by atoms with Gasteiger partial charge < -0.3 is 9.64 Å². The van der Waals surface area contributed by atoms with E-state index in [1.807, 2.05) is 63.2 Å². The molecule has 3 aromatic rings. The van der Waals surface area contributed by atoms with Gasteiger partial charge in [-0.25, -0.2) is 0 Å². The molecule has 0 radical (unpaired) electrons. The summed E-state index contributed by atoms with van der Waals surface area (Å²) >= 11 is 0. The van der Waals surface area contributed by atoms with Crippen molar-refractivity contribution in [2.45, 2.75) is 26.9 Å². The Labute approximate surface area is 155 Å². The second-order valence-corrected chi connectivity index (χ2v) is 6.33. The summed E-state index contributed by atoms with van der Waals surface area (Å²) in [6.45, 7) is 7.17. The van der Waals surface area contributed by atoms with Crippen molar-refractivity contribution in [3.8, 4) is 16.9 Å². The molecule has 3 rings (SSSR count). The summed E-state index contributed by atoms with van der Waals surface area (Å²) < 4.78 is 6.14. The van der Waals surface area contributed by atoms with Gasteiger partial charge in [-0.2, -0.15) is 0 Å². The van der Waals surface area contributed by atoms with Crippen LogP contribution in [0.3, 0.4) is 0 Å². The lowest BCUT2D eigenvalue weighted by Crippen LogP contribution is -2.40. The van der Waals surface area contributed by atoms with E-state index in [1.54, 1.807) is 4.90 Å². The van der Waals surface area contributed by atoms with E-state index in [0.29, 0.717) is 13.1 Å². The molecule has 0 N–H and O–H groups in total. The zero-order valence-corrected chi connectivity index (χ0v) is 15.6. The predicted molar refractivity (Wildman–Crippen MR) is 107 cm³/mol. The molecule has 3 nitrogen and oxygen atoms in total. The number of carbonyl (C=O) groups excluding carboxylic acids is 1. The van der Waals surface area contributed by atoms with Gasteiger partial charge in [-0.05, 0) is 49.4 Å². The van der Waals surface area contributed by atoms with Gasteiger partial charge in [-0.15, -0.1) is 0 Å². The van der Waals surface area contributed by atoms with Crippen LogP contribution in [0.2, 0.25) is 0 Å². The molecule has 0 spiro atoms. The van der Waals surface area contributed by atoms with Crippen LogP contribution in [0.4, 0.5) is 0 Å². The largest absolute Gasteiger partial charge is 0.480 e. The Bertz CT molecular complexity index is 885. The number of ether oxygens (including phenoxy) is 1. The number of fused-ring (bicyclic) bond motifs is 1. The summed E-state index contributed by atoms with van der Waals surface area (Å²) in [5.41, 5.74) is 2.22. The van der Waals surface area contributed by atoms with Gasteiger partial charge in [-0.3, -0.25) is 4.79 Å². The van der Waals surface area contributed by atoms with E-state index < -0.39 is 6.10 Å². The van der Waals surface area contributed by atoms with E-state index in [0.717, 1.165) is 27.6 Å². The van der Waals surface area contributed by atoms with Crippen molar-refractivity contribution in [2.24, 2.45) is 0 Å². The van der Waals surface area contributed by atoms with Crippen LogP contribution in [0, 0.1) is 0 Å². The van der Waals surface area contributed by atoms with Gasteiger partial charge in [0.15, 0.2) is 6.10 Å². The third kappa shape index (κ3) is 3.72. The highest BCUT2D eigenvalue weighted by Gasteiger charge is 2.21. The Morgan fingerprint density at radius 3 is 2.27 bits per heavy atom.